The molecule has 30 heavy (non-hydrogen) atoms. The Morgan fingerprint density at radius 1 is 1.20 bits per heavy atom. The minimum atomic E-state index is -0.570. The lowest BCUT2D eigenvalue weighted by atomic mass is 9.40. The zero-order valence-electron chi connectivity index (χ0n) is 18.9. The summed E-state index contributed by atoms with van der Waals surface area (Å²) >= 11 is 3.98. The molecule has 4 saturated carbocycles. The number of methoxy groups -OCH3 is 1. The molecule has 0 aromatic carbocycles. The van der Waals surface area contributed by atoms with E-state index < -0.39 is 5.60 Å². The summed E-state index contributed by atoms with van der Waals surface area (Å²) in [6.45, 7) is 7.02. The number of rotatable bonds is 4. The number of Topliss-reactive ketones (excluding diaryl/α,β-unsaturated/α-hetero) is 1. The highest BCUT2D eigenvalue weighted by Crippen LogP contribution is 2.73. The van der Waals surface area contributed by atoms with Gasteiger partial charge in [-0.25, -0.2) is 0 Å². The van der Waals surface area contributed by atoms with Crippen molar-refractivity contribution in [3.05, 3.63) is 0 Å². The van der Waals surface area contributed by atoms with Crippen LogP contribution in [0.15, 0.2) is 0 Å². The molecule has 0 amide bonds. The number of carbonyl (C=O) groups excluding carboxylic acids is 2. The molecule has 0 N–H and O–H groups in total. The molecule has 1 spiro atoms. The Balaban J connectivity index is 1.49. The van der Waals surface area contributed by atoms with Gasteiger partial charge in [-0.2, -0.15) is 0 Å². The first-order chi connectivity index (χ1) is 14.2. The maximum Gasteiger partial charge on any atom is 0.305 e. The maximum absolute atomic E-state index is 14.3. The summed E-state index contributed by atoms with van der Waals surface area (Å²) in [4.78, 5) is 25.8. The Morgan fingerprint density at radius 2 is 1.93 bits per heavy atom. The first-order valence-electron chi connectivity index (χ1n) is 12.1. The van der Waals surface area contributed by atoms with Gasteiger partial charge in [0.05, 0.1) is 18.0 Å². The van der Waals surface area contributed by atoms with Crippen LogP contribution >= 0.6 is 15.9 Å². The Hall–Kier alpha value is -0.420. The van der Waals surface area contributed by atoms with Crippen LogP contribution in [0, 0.1) is 40.4 Å². The van der Waals surface area contributed by atoms with Gasteiger partial charge in [0.15, 0.2) is 5.78 Å². The van der Waals surface area contributed by atoms with Gasteiger partial charge in [-0.1, -0.05) is 36.7 Å². The first-order valence-corrected chi connectivity index (χ1v) is 13.0. The fraction of sp³-hybridized carbons (Fsp3) is 0.920. The lowest BCUT2D eigenvalue weighted by molar-refractivity contribution is -0.306. The molecule has 4 bridgehead atoms. The fourth-order valence-electron chi connectivity index (χ4n) is 9.18. The Labute approximate surface area is 189 Å². The second-order valence-corrected chi connectivity index (χ2v) is 12.4. The Morgan fingerprint density at radius 3 is 2.67 bits per heavy atom. The van der Waals surface area contributed by atoms with Gasteiger partial charge in [-0.3, -0.25) is 9.59 Å². The molecule has 6 fully saturated rings. The molecule has 4 aliphatic carbocycles. The Kier molecular flexibility index (Phi) is 5.03. The standard InChI is InChI=1S/C25H37BrO4/c1-14(5-10-20(27)29-4)17-8-9-18-19-7-6-15-13-16-11-12-23(15,2)25(19,30-16)22(28)21(26)24(17,18)3/h14-19,21H,5-13H2,1-4H3/t14-,15?,16?,17-,18+,19+,21?,23+,24-,25+/m1/s1. The molecule has 2 aliphatic heterocycles. The molecule has 4 nitrogen and oxygen atoms in total. The topological polar surface area (TPSA) is 52.6 Å². The number of fused-ring (bicyclic) bond motifs is 3. The number of hydrogen-bond donors (Lipinski definition) is 0. The molecule has 2 saturated heterocycles. The van der Waals surface area contributed by atoms with Crippen molar-refractivity contribution in [2.24, 2.45) is 40.4 Å². The van der Waals surface area contributed by atoms with Crippen LogP contribution in [0.5, 0.6) is 0 Å². The summed E-state index contributed by atoms with van der Waals surface area (Å²) in [5, 5.41) is 0. The highest BCUT2D eigenvalue weighted by molar-refractivity contribution is 9.10. The van der Waals surface area contributed by atoms with Gasteiger partial charge in [-0.05, 0) is 86.4 Å². The molecule has 6 aliphatic rings. The molecule has 0 aromatic heterocycles. The Bertz CT molecular complexity index is 753. The number of ketones is 1. The molecule has 6 rings (SSSR count). The van der Waals surface area contributed by atoms with Crippen LogP contribution in [0.2, 0.25) is 0 Å². The second-order valence-electron chi connectivity index (χ2n) is 11.5. The highest BCUT2D eigenvalue weighted by Gasteiger charge is 2.77. The SMILES string of the molecule is COC(=O)CC[C@@H](C)[C@H]1CC[C@H]2[C@@H]3CCC4CC5CC[C@]4(C)[C@@]3(O5)C(=O)C(Br)[C@]12C. The fourth-order valence-corrected chi connectivity index (χ4v) is 10.2. The monoisotopic (exact) mass is 480 g/mol. The van der Waals surface area contributed by atoms with Gasteiger partial charge >= 0.3 is 5.97 Å². The average molecular weight is 481 g/mol. The van der Waals surface area contributed by atoms with Crippen molar-refractivity contribution < 1.29 is 19.1 Å². The maximum atomic E-state index is 14.3. The molecule has 5 heteroatoms. The number of halogens is 1. The zero-order valence-corrected chi connectivity index (χ0v) is 20.5. The summed E-state index contributed by atoms with van der Waals surface area (Å²) in [5.41, 5.74) is -0.630. The van der Waals surface area contributed by atoms with Crippen LogP contribution in [0.4, 0.5) is 0 Å². The number of ether oxygens (including phenoxy) is 2. The molecular weight excluding hydrogens is 444 g/mol. The summed E-state index contributed by atoms with van der Waals surface area (Å²) < 4.78 is 11.7. The van der Waals surface area contributed by atoms with E-state index in [2.05, 4.69) is 36.7 Å². The third kappa shape index (κ3) is 2.48. The number of carbonyl (C=O) groups is 2. The quantitative estimate of drug-likeness (QED) is 0.404. The highest BCUT2D eigenvalue weighted by atomic mass is 79.9. The van der Waals surface area contributed by atoms with Crippen molar-refractivity contribution in [3.8, 4) is 0 Å². The van der Waals surface area contributed by atoms with Crippen LogP contribution in [0.3, 0.4) is 0 Å². The minimum Gasteiger partial charge on any atom is -0.469 e. The second kappa shape index (κ2) is 7.04. The van der Waals surface area contributed by atoms with E-state index in [4.69, 9.17) is 9.47 Å². The van der Waals surface area contributed by atoms with Gasteiger partial charge in [0.25, 0.3) is 0 Å². The van der Waals surface area contributed by atoms with Crippen molar-refractivity contribution in [3.63, 3.8) is 0 Å². The van der Waals surface area contributed by atoms with Gasteiger partial charge in [0.2, 0.25) is 0 Å². The molecule has 0 radical (unpaired) electrons. The van der Waals surface area contributed by atoms with Crippen LogP contribution in [0.1, 0.15) is 78.6 Å². The van der Waals surface area contributed by atoms with Crippen LogP contribution in [-0.2, 0) is 19.1 Å². The smallest absolute Gasteiger partial charge is 0.305 e. The van der Waals surface area contributed by atoms with E-state index in [1.165, 1.54) is 20.0 Å². The summed E-state index contributed by atoms with van der Waals surface area (Å²) in [6, 6.07) is 0. The lowest BCUT2D eigenvalue weighted by Gasteiger charge is -2.71. The first kappa shape index (κ1) is 21.4. The summed E-state index contributed by atoms with van der Waals surface area (Å²) in [5.74, 6) is 2.57. The number of esters is 1. The van der Waals surface area contributed by atoms with Gasteiger partial charge < -0.3 is 9.47 Å². The van der Waals surface area contributed by atoms with E-state index in [9.17, 15) is 9.59 Å². The number of alkyl halides is 1. The van der Waals surface area contributed by atoms with E-state index >= 15 is 0 Å². The molecule has 168 valence electrons. The van der Waals surface area contributed by atoms with E-state index in [1.54, 1.807) is 0 Å². The molecular formula is C25H37BrO4. The van der Waals surface area contributed by atoms with Crippen molar-refractivity contribution in [2.45, 2.75) is 95.1 Å². The normalized spacial score (nSPS) is 52.5. The third-order valence-electron chi connectivity index (χ3n) is 10.7. The molecule has 2 heterocycles. The van der Waals surface area contributed by atoms with Crippen LogP contribution in [-0.4, -0.2) is 35.4 Å². The van der Waals surface area contributed by atoms with Crippen molar-refractivity contribution >= 4 is 27.7 Å². The van der Waals surface area contributed by atoms with Gasteiger partial charge in [-0.15, -0.1) is 0 Å². The minimum absolute atomic E-state index is 0.00366. The largest absolute Gasteiger partial charge is 0.469 e. The molecule has 3 unspecified atom stereocenters. The molecule has 10 atom stereocenters. The van der Waals surface area contributed by atoms with E-state index in [1.807, 2.05) is 0 Å². The van der Waals surface area contributed by atoms with Gasteiger partial charge in [0.1, 0.15) is 5.60 Å². The average Bonchev–Trinajstić information content (AvgIpc) is 3.08. The summed E-state index contributed by atoms with van der Waals surface area (Å²) in [7, 11) is 1.46. The van der Waals surface area contributed by atoms with Crippen molar-refractivity contribution in [2.75, 3.05) is 7.11 Å². The summed E-state index contributed by atoms with van der Waals surface area (Å²) in [6.07, 6.45) is 9.73. The van der Waals surface area contributed by atoms with E-state index in [-0.39, 0.29) is 27.7 Å². The van der Waals surface area contributed by atoms with E-state index in [0.717, 1.165) is 38.5 Å². The van der Waals surface area contributed by atoms with Crippen LogP contribution in [0.25, 0.3) is 0 Å². The predicted molar refractivity (Wildman–Crippen MR) is 118 cm³/mol. The predicted octanol–water partition coefficient (Wildman–Crippen LogP) is 5.31. The van der Waals surface area contributed by atoms with E-state index in [0.29, 0.717) is 41.8 Å². The van der Waals surface area contributed by atoms with Crippen LogP contribution < -0.4 is 0 Å². The zero-order chi connectivity index (χ0) is 21.5. The third-order valence-corrected chi connectivity index (χ3v) is 12.1. The molecule has 0 aromatic rings. The van der Waals surface area contributed by atoms with Crippen molar-refractivity contribution in [1.29, 1.82) is 0 Å². The lowest BCUT2D eigenvalue weighted by Crippen LogP contribution is -2.77. The van der Waals surface area contributed by atoms with Gasteiger partial charge in [0, 0.05) is 11.8 Å². The van der Waals surface area contributed by atoms with Crippen molar-refractivity contribution in [1.82, 2.24) is 0 Å². The number of hydrogen-bond acceptors (Lipinski definition) is 4.